The number of thioether (sulfide) groups is 1. The Morgan fingerprint density at radius 3 is 2.67 bits per heavy atom. The van der Waals surface area contributed by atoms with Gasteiger partial charge in [-0.1, -0.05) is 53.2 Å². The van der Waals surface area contributed by atoms with E-state index in [-0.39, 0.29) is 0 Å². The smallest absolute Gasteiger partial charge is 0.0372 e. The summed E-state index contributed by atoms with van der Waals surface area (Å²) in [5.74, 6) is 0. The van der Waals surface area contributed by atoms with Crippen LogP contribution >= 0.6 is 27.7 Å². The molecule has 3 heteroatoms. The van der Waals surface area contributed by atoms with Gasteiger partial charge in [0.05, 0.1) is 0 Å². The Balaban J connectivity index is 2.25. The number of nitrogens with one attached hydrogen (secondary N) is 1. The minimum absolute atomic E-state index is 0.364. The molecular formula is C18H22BrNS. The predicted octanol–water partition coefficient (Wildman–Crippen LogP) is 5.45. The first kappa shape index (κ1) is 16.6. The van der Waals surface area contributed by atoms with E-state index < -0.39 is 0 Å². The van der Waals surface area contributed by atoms with Gasteiger partial charge in [0.25, 0.3) is 0 Å². The van der Waals surface area contributed by atoms with Crippen LogP contribution in [0.4, 0.5) is 0 Å². The van der Waals surface area contributed by atoms with Crippen molar-refractivity contribution in [3.63, 3.8) is 0 Å². The standard InChI is InChI=1S/C18H22BrNS/c1-3-11-20-17(13-14-7-6-8-15(19)12-14)16-9-4-5-10-18(16)21-2/h4-10,12,17,20H,3,11,13H2,1-2H3. The van der Waals surface area contributed by atoms with Crippen LogP contribution in [0.1, 0.15) is 30.5 Å². The fourth-order valence-electron chi connectivity index (χ4n) is 2.46. The molecule has 0 fully saturated rings. The third kappa shape index (κ3) is 4.87. The van der Waals surface area contributed by atoms with Crippen molar-refractivity contribution in [3.05, 3.63) is 64.1 Å². The molecule has 0 saturated carbocycles. The van der Waals surface area contributed by atoms with Crippen LogP contribution in [0.5, 0.6) is 0 Å². The average Bonchev–Trinajstić information content (AvgIpc) is 2.51. The molecule has 0 bridgehead atoms. The number of hydrogen-bond acceptors (Lipinski definition) is 2. The van der Waals surface area contributed by atoms with Crippen molar-refractivity contribution in [3.8, 4) is 0 Å². The quantitative estimate of drug-likeness (QED) is 0.655. The van der Waals surface area contributed by atoms with E-state index in [1.165, 1.54) is 16.0 Å². The Kier molecular flexibility index (Phi) is 6.81. The van der Waals surface area contributed by atoms with Crippen LogP contribution in [0, 0.1) is 0 Å². The Hall–Kier alpha value is -0.770. The number of rotatable bonds is 7. The topological polar surface area (TPSA) is 12.0 Å². The monoisotopic (exact) mass is 363 g/mol. The minimum Gasteiger partial charge on any atom is -0.310 e. The molecule has 0 aromatic heterocycles. The highest BCUT2D eigenvalue weighted by molar-refractivity contribution is 9.10. The summed E-state index contributed by atoms with van der Waals surface area (Å²) in [7, 11) is 0. The molecule has 0 amide bonds. The van der Waals surface area contributed by atoms with Gasteiger partial charge in [0.2, 0.25) is 0 Å². The molecule has 0 aliphatic heterocycles. The van der Waals surface area contributed by atoms with Crippen molar-refractivity contribution in [1.82, 2.24) is 5.32 Å². The molecule has 0 heterocycles. The first-order valence-corrected chi connectivity index (χ1v) is 9.37. The van der Waals surface area contributed by atoms with Crippen LogP contribution in [-0.2, 0) is 6.42 Å². The summed E-state index contributed by atoms with van der Waals surface area (Å²) < 4.78 is 1.15. The van der Waals surface area contributed by atoms with E-state index in [2.05, 4.69) is 83.0 Å². The van der Waals surface area contributed by atoms with Gasteiger partial charge in [0.1, 0.15) is 0 Å². The van der Waals surface area contributed by atoms with Crippen molar-refractivity contribution in [2.75, 3.05) is 12.8 Å². The molecule has 0 radical (unpaired) electrons. The summed E-state index contributed by atoms with van der Waals surface area (Å²) in [6.45, 7) is 3.25. The minimum atomic E-state index is 0.364. The molecule has 2 rings (SSSR count). The lowest BCUT2D eigenvalue weighted by molar-refractivity contribution is 0.523. The zero-order valence-electron chi connectivity index (χ0n) is 12.6. The molecule has 1 atom stereocenters. The lowest BCUT2D eigenvalue weighted by atomic mass is 9.98. The zero-order chi connectivity index (χ0) is 15.1. The van der Waals surface area contributed by atoms with Crippen molar-refractivity contribution in [2.45, 2.75) is 30.7 Å². The molecule has 1 nitrogen and oxygen atoms in total. The fourth-order valence-corrected chi connectivity index (χ4v) is 3.57. The predicted molar refractivity (Wildman–Crippen MR) is 97.1 cm³/mol. The number of benzene rings is 2. The third-order valence-corrected chi connectivity index (χ3v) is 4.79. The molecule has 0 spiro atoms. The van der Waals surface area contributed by atoms with Gasteiger partial charge in [-0.05, 0) is 55.0 Å². The molecule has 1 unspecified atom stereocenters. The highest BCUT2D eigenvalue weighted by Crippen LogP contribution is 2.28. The largest absolute Gasteiger partial charge is 0.310 e. The van der Waals surface area contributed by atoms with E-state index in [0.717, 1.165) is 23.9 Å². The summed E-state index contributed by atoms with van der Waals surface area (Å²) >= 11 is 5.39. The molecular weight excluding hydrogens is 342 g/mol. The number of hydrogen-bond donors (Lipinski definition) is 1. The maximum atomic E-state index is 3.70. The van der Waals surface area contributed by atoms with E-state index in [9.17, 15) is 0 Å². The van der Waals surface area contributed by atoms with Gasteiger partial charge in [0.15, 0.2) is 0 Å². The zero-order valence-corrected chi connectivity index (χ0v) is 15.0. The highest BCUT2D eigenvalue weighted by Gasteiger charge is 2.15. The second-order valence-electron chi connectivity index (χ2n) is 5.08. The summed E-state index contributed by atoms with van der Waals surface area (Å²) in [4.78, 5) is 1.36. The lowest BCUT2D eigenvalue weighted by Gasteiger charge is -2.21. The molecule has 2 aromatic rings. The number of halogens is 1. The average molecular weight is 364 g/mol. The van der Waals surface area contributed by atoms with Crippen LogP contribution in [-0.4, -0.2) is 12.8 Å². The third-order valence-electron chi connectivity index (χ3n) is 3.48. The van der Waals surface area contributed by atoms with Crippen molar-refractivity contribution < 1.29 is 0 Å². The van der Waals surface area contributed by atoms with Crippen LogP contribution < -0.4 is 5.32 Å². The first-order chi connectivity index (χ1) is 10.2. The van der Waals surface area contributed by atoms with E-state index in [1.54, 1.807) is 0 Å². The lowest BCUT2D eigenvalue weighted by Crippen LogP contribution is -2.24. The Morgan fingerprint density at radius 2 is 1.95 bits per heavy atom. The van der Waals surface area contributed by atoms with Gasteiger partial charge in [-0.2, -0.15) is 0 Å². The SMILES string of the molecule is CCCNC(Cc1cccc(Br)c1)c1ccccc1SC. The second-order valence-corrected chi connectivity index (χ2v) is 6.85. The van der Waals surface area contributed by atoms with Crippen molar-refractivity contribution in [2.24, 2.45) is 0 Å². The van der Waals surface area contributed by atoms with Crippen LogP contribution in [0.25, 0.3) is 0 Å². The first-order valence-electron chi connectivity index (χ1n) is 7.35. The normalized spacial score (nSPS) is 12.3. The second kappa shape index (κ2) is 8.62. The molecule has 112 valence electrons. The van der Waals surface area contributed by atoms with Crippen LogP contribution in [0.2, 0.25) is 0 Å². The van der Waals surface area contributed by atoms with E-state index in [4.69, 9.17) is 0 Å². The molecule has 2 aromatic carbocycles. The van der Waals surface area contributed by atoms with Gasteiger partial charge in [0, 0.05) is 15.4 Å². The van der Waals surface area contributed by atoms with Gasteiger partial charge >= 0.3 is 0 Å². The Bertz CT molecular complexity index is 571. The maximum absolute atomic E-state index is 3.70. The molecule has 0 saturated heterocycles. The Labute approximate surface area is 140 Å². The van der Waals surface area contributed by atoms with E-state index in [1.807, 2.05) is 11.8 Å². The summed E-state index contributed by atoms with van der Waals surface area (Å²) in [6, 6.07) is 17.7. The molecule has 1 N–H and O–H groups in total. The maximum Gasteiger partial charge on any atom is 0.0372 e. The molecule has 0 aliphatic carbocycles. The summed E-state index contributed by atoms with van der Waals surface area (Å²) in [6.07, 6.45) is 4.31. The van der Waals surface area contributed by atoms with Gasteiger partial charge in [-0.3, -0.25) is 0 Å². The van der Waals surface area contributed by atoms with Crippen molar-refractivity contribution in [1.29, 1.82) is 0 Å². The Morgan fingerprint density at radius 1 is 1.14 bits per heavy atom. The fraction of sp³-hybridized carbons (Fsp3) is 0.333. The van der Waals surface area contributed by atoms with Crippen LogP contribution in [0.15, 0.2) is 57.9 Å². The molecule has 0 aliphatic rings. The van der Waals surface area contributed by atoms with Gasteiger partial charge in [-0.15, -0.1) is 11.8 Å². The van der Waals surface area contributed by atoms with Crippen molar-refractivity contribution >= 4 is 27.7 Å². The van der Waals surface area contributed by atoms with E-state index >= 15 is 0 Å². The van der Waals surface area contributed by atoms with E-state index in [0.29, 0.717) is 6.04 Å². The highest BCUT2D eigenvalue weighted by atomic mass is 79.9. The summed E-state index contributed by atoms with van der Waals surface area (Å²) in [5.41, 5.74) is 2.76. The summed E-state index contributed by atoms with van der Waals surface area (Å²) in [5, 5.41) is 3.70. The van der Waals surface area contributed by atoms with Gasteiger partial charge < -0.3 is 5.32 Å². The van der Waals surface area contributed by atoms with Crippen LogP contribution in [0.3, 0.4) is 0 Å². The van der Waals surface area contributed by atoms with Gasteiger partial charge in [-0.25, -0.2) is 0 Å². The molecule has 21 heavy (non-hydrogen) atoms.